The lowest BCUT2D eigenvalue weighted by Crippen LogP contribution is -2.24. The number of nitrogens with zero attached hydrogens (tertiary/aromatic N) is 4. The van der Waals surface area contributed by atoms with Crippen molar-refractivity contribution in [3.05, 3.63) is 65.7 Å². The smallest absolute Gasteiger partial charge is 0.257 e. The van der Waals surface area contributed by atoms with Crippen molar-refractivity contribution in [1.29, 1.82) is 0 Å². The number of benzene rings is 1. The third kappa shape index (κ3) is 4.77. The van der Waals surface area contributed by atoms with Crippen molar-refractivity contribution >= 4 is 23.3 Å². The Morgan fingerprint density at radius 2 is 1.94 bits per heavy atom. The van der Waals surface area contributed by atoms with Crippen LogP contribution in [0.3, 0.4) is 0 Å². The summed E-state index contributed by atoms with van der Waals surface area (Å²) < 4.78 is 26.0. The number of ether oxygens (including phenoxy) is 2. The number of pyridine rings is 1. The van der Waals surface area contributed by atoms with Gasteiger partial charge in [0, 0.05) is 30.8 Å². The average Bonchev–Trinajstić information content (AvgIpc) is 3.23. The number of amides is 2. The summed E-state index contributed by atoms with van der Waals surface area (Å²) >= 11 is 0. The Hall–Kier alpha value is -4.54. The van der Waals surface area contributed by atoms with Crippen molar-refractivity contribution in [3.63, 3.8) is 0 Å². The van der Waals surface area contributed by atoms with Crippen molar-refractivity contribution in [3.8, 4) is 22.9 Å². The van der Waals surface area contributed by atoms with E-state index in [0.717, 1.165) is 0 Å². The summed E-state index contributed by atoms with van der Waals surface area (Å²) in [5, 5.41) is 9.77. The maximum atomic E-state index is 14.1. The molecule has 4 aromatic rings. The number of carbonyl (C=O) groups is 2. The average molecular weight is 464 g/mol. The molecule has 2 amide bonds. The van der Waals surface area contributed by atoms with E-state index in [2.05, 4.69) is 25.7 Å². The number of hydrogen-bond acceptors (Lipinski definition) is 7. The van der Waals surface area contributed by atoms with Crippen LogP contribution in [0.15, 0.2) is 48.8 Å². The zero-order chi connectivity index (χ0) is 24.2. The quantitative estimate of drug-likeness (QED) is 0.432. The lowest BCUT2D eigenvalue weighted by molar-refractivity contribution is -0.114. The van der Waals surface area contributed by atoms with Gasteiger partial charge in [-0.3, -0.25) is 9.59 Å². The van der Waals surface area contributed by atoms with Crippen LogP contribution in [-0.2, 0) is 11.3 Å². The van der Waals surface area contributed by atoms with E-state index in [-0.39, 0.29) is 29.5 Å². The largest absolute Gasteiger partial charge is 0.497 e. The van der Waals surface area contributed by atoms with Crippen LogP contribution in [0.4, 0.5) is 10.2 Å². The predicted octanol–water partition coefficient (Wildman–Crippen LogP) is 2.84. The highest BCUT2D eigenvalue weighted by Gasteiger charge is 2.17. The molecule has 0 spiro atoms. The standard InChI is InChI=1S/C23H21FN6O4/c1-13(31)27-20-12-30-21(28-20)7-6-19(29-30)15-9-17(23(34-3)26-11-15)22(32)25-10-14-8-16(33-2)4-5-18(14)24/h4-9,11-12H,10H2,1-3H3,(H,25,32)(H,27,31). The monoisotopic (exact) mass is 464 g/mol. The molecule has 2 N–H and O–H groups in total. The van der Waals surface area contributed by atoms with Gasteiger partial charge in [-0.15, -0.1) is 0 Å². The number of hydrogen-bond donors (Lipinski definition) is 2. The number of anilines is 1. The minimum absolute atomic E-state index is 0.0551. The maximum absolute atomic E-state index is 14.1. The van der Waals surface area contributed by atoms with E-state index in [0.29, 0.717) is 28.5 Å². The molecule has 0 saturated heterocycles. The molecule has 3 aromatic heterocycles. The lowest BCUT2D eigenvalue weighted by atomic mass is 10.1. The molecule has 0 unspecified atom stereocenters. The molecule has 174 valence electrons. The van der Waals surface area contributed by atoms with E-state index in [1.807, 2.05) is 0 Å². The van der Waals surface area contributed by atoms with Crippen molar-refractivity contribution in [2.24, 2.45) is 0 Å². The summed E-state index contributed by atoms with van der Waals surface area (Å²) in [6, 6.07) is 9.32. The Morgan fingerprint density at radius 1 is 1.12 bits per heavy atom. The fourth-order valence-corrected chi connectivity index (χ4v) is 3.28. The number of fused-ring (bicyclic) bond motifs is 1. The third-order valence-corrected chi connectivity index (χ3v) is 4.90. The molecule has 34 heavy (non-hydrogen) atoms. The molecule has 0 saturated carbocycles. The van der Waals surface area contributed by atoms with Crippen molar-refractivity contribution < 1.29 is 23.5 Å². The van der Waals surface area contributed by atoms with Gasteiger partial charge in [0.1, 0.15) is 17.1 Å². The molecule has 0 aliphatic rings. The number of nitrogens with one attached hydrogen (secondary N) is 2. The zero-order valence-electron chi connectivity index (χ0n) is 18.6. The zero-order valence-corrected chi connectivity index (χ0v) is 18.6. The van der Waals surface area contributed by atoms with E-state index < -0.39 is 11.7 Å². The van der Waals surface area contributed by atoms with Gasteiger partial charge in [-0.1, -0.05) is 0 Å². The molecular formula is C23H21FN6O4. The topological polar surface area (TPSA) is 120 Å². The minimum atomic E-state index is -0.495. The van der Waals surface area contributed by atoms with Crippen molar-refractivity contribution in [2.45, 2.75) is 13.5 Å². The molecule has 3 heterocycles. The summed E-state index contributed by atoms with van der Waals surface area (Å²) in [6.45, 7) is 1.33. The molecule has 0 aliphatic carbocycles. The molecule has 4 rings (SSSR count). The molecular weight excluding hydrogens is 443 g/mol. The number of rotatable bonds is 7. The maximum Gasteiger partial charge on any atom is 0.257 e. The first-order valence-electron chi connectivity index (χ1n) is 10.2. The predicted molar refractivity (Wildman–Crippen MR) is 121 cm³/mol. The second-order valence-corrected chi connectivity index (χ2v) is 7.25. The van der Waals surface area contributed by atoms with Crippen LogP contribution in [-0.4, -0.2) is 45.6 Å². The first-order valence-corrected chi connectivity index (χ1v) is 10.2. The highest BCUT2D eigenvalue weighted by Crippen LogP contribution is 2.24. The van der Waals surface area contributed by atoms with E-state index >= 15 is 0 Å². The molecule has 0 aliphatic heterocycles. The molecule has 0 fully saturated rings. The Labute approximate surface area is 193 Å². The van der Waals surface area contributed by atoms with Gasteiger partial charge < -0.3 is 20.1 Å². The van der Waals surface area contributed by atoms with Gasteiger partial charge in [0.05, 0.1) is 26.1 Å². The van der Waals surface area contributed by atoms with Crippen LogP contribution in [0.25, 0.3) is 16.9 Å². The normalized spacial score (nSPS) is 10.7. The van der Waals surface area contributed by atoms with Crippen molar-refractivity contribution in [1.82, 2.24) is 24.9 Å². The van der Waals surface area contributed by atoms with E-state index in [4.69, 9.17) is 9.47 Å². The first-order chi connectivity index (χ1) is 16.4. The molecule has 0 radical (unpaired) electrons. The summed E-state index contributed by atoms with van der Waals surface area (Å²) in [6.07, 6.45) is 3.10. The summed E-state index contributed by atoms with van der Waals surface area (Å²) in [7, 11) is 2.88. The van der Waals surface area contributed by atoms with Crippen LogP contribution in [0.2, 0.25) is 0 Å². The van der Waals surface area contributed by atoms with Gasteiger partial charge in [0.15, 0.2) is 11.5 Å². The van der Waals surface area contributed by atoms with E-state index in [1.54, 1.807) is 24.4 Å². The van der Waals surface area contributed by atoms with Gasteiger partial charge in [-0.2, -0.15) is 5.10 Å². The highest BCUT2D eigenvalue weighted by atomic mass is 19.1. The second-order valence-electron chi connectivity index (χ2n) is 7.25. The van der Waals surface area contributed by atoms with Crippen LogP contribution in [0, 0.1) is 5.82 Å². The number of halogens is 1. The van der Waals surface area contributed by atoms with Gasteiger partial charge in [-0.05, 0) is 36.4 Å². The van der Waals surface area contributed by atoms with Gasteiger partial charge >= 0.3 is 0 Å². The third-order valence-electron chi connectivity index (χ3n) is 4.90. The Kier molecular flexibility index (Phi) is 6.35. The highest BCUT2D eigenvalue weighted by molar-refractivity contribution is 5.97. The van der Waals surface area contributed by atoms with Crippen LogP contribution in [0.5, 0.6) is 11.6 Å². The lowest BCUT2D eigenvalue weighted by Gasteiger charge is -2.11. The molecule has 1 aromatic carbocycles. The van der Waals surface area contributed by atoms with Gasteiger partial charge in [0.2, 0.25) is 11.8 Å². The van der Waals surface area contributed by atoms with Gasteiger partial charge in [0.25, 0.3) is 5.91 Å². The second kappa shape index (κ2) is 9.53. The Bertz CT molecular complexity index is 1390. The molecule has 11 heteroatoms. The summed E-state index contributed by atoms with van der Waals surface area (Å²) in [5.41, 5.74) is 2.04. The number of aromatic nitrogens is 4. The Morgan fingerprint density at radius 3 is 2.68 bits per heavy atom. The molecule has 0 bridgehead atoms. The van der Waals surface area contributed by atoms with Crippen LogP contribution in [0.1, 0.15) is 22.8 Å². The Balaban J connectivity index is 1.60. The van der Waals surface area contributed by atoms with E-state index in [9.17, 15) is 14.0 Å². The number of methoxy groups -OCH3 is 2. The number of carbonyl (C=O) groups excluding carboxylic acids is 2. The fourth-order valence-electron chi connectivity index (χ4n) is 3.28. The first kappa shape index (κ1) is 22.6. The van der Waals surface area contributed by atoms with Crippen LogP contribution >= 0.6 is 0 Å². The molecule has 10 nitrogen and oxygen atoms in total. The van der Waals surface area contributed by atoms with E-state index in [1.165, 1.54) is 50.1 Å². The van der Waals surface area contributed by atoms with Gasteiger partial charge in [-0.25, -0.2) is 18.9 Å². The number of imidazole rings is 1. The van der Waals surface area contributed by atoms with Crippen LogP contribution < -0.4 is 20.1 Å². The van der Waals surface area contributed by atoms with Crippen molar-refractivity contribution in [2.75, 3.05) is 19.5 Å². The SMILES string of the molecule is COc1ccc(F)c(CNC(=O)c2cc(-c3ccc4nc(NC(C)=O)cn4n3)cnc2OC)c1. The molecule has 0 atom stereocenters. The summed E-state index contributed by atoms with van der Waals surface area (Å²) in [5.74, 6) is -0.234. The fraction of sp³-hybridized carbons (Fsp3) is 0.174. The summed E-state index contributed by atoms with van der Waals surface area (Å²) in [4.78, 5) is 32.7. The minimum Gasteiger partial charge on any atom is -0.497 e.